The lowest BCUT2D eigenvalue weighted by Gasteiger charge is -2.31. The molecule has 2 N–H and O–H groups in total. The van der Waals surface area contributed by atoms with Crippen molar-refractivity contribution in [2.24, 2.45) is 0 Å². The Morgan fingerprint density at radius 2 is 1.64 bits per heavy atom. The zero-order chi connectivity index (χ0) is 25.7. The monoisotopic (exact) mass is 483 g/mol. The number of phenolic OH excluding ortho intramolecular Hbond substituents is 1. The highest BCUT2D eigenvalue weighted by molar-refractivity contribution is 5.95. The van der Waals surface area contributed by atoms with Crippen LogP contribution in [0.25, 0.3) is 5.57 Å². The summed E-state index contributed by atoms with van der Waals surface area (Å²) in [6.07, 6.45) is 6.48. The zero-order valence-corrected chi connectivity index (χ0v) is 21.7. The number of benzene rings is 2. The van der Waals surface area contributed by atoms with Crippen molar-refractivity contribution in [3.8, 4) is 5.75 Å². The summed E-state index contributed by atoms with van der Waals surface area (Å²) >= 11 is 0. The maximum absolute atomic E-state index is 13.2. The maximum Gasteiger partial charge on any atom is 0.254 e. The average molecular weight is 484 g/mol. The standard InChI is InChI=1S/C31H37N3O2/c1-21(2)34(22(3)4)31(36)25-10-8-24(9-11-25)30(26-6-5-7-29(35)20-26)27-14-17-33-28(19-27)18-23-12-15-32-16-13-23/h5-13,15-16,20-22,28,33,35H,14,17-19H2,1-4H3/b30-27-. The molecule has 2 aromatic carbocycles. The highest BCUT2D eigenvalue weighted by atomic mass is 16.3. The molecule has 1 fully saturated rings. The second kappa shape index (κ2) is 11.5. The predicted molar refractivity (Wildman–Crippen MR) is 146 cm³/mol. The van der Waals surface area contributed by atoms with Crippen molar-refractivity contribution in [1.29, 1.82) is 0 Å². The molecule has 3 aromatic rings. The molecule has 0 bridgehead atoms. The van der Waals surface area contributed by atoms with Gasteiger partial charge in [0.1, 0.15) is 5.75 Å². The van der Waals surface area contributed by atoms with Crippen molar-refractivity contribution >= 4 is 11.5 Å². The van der Waals surface area contributed by atoms with Gasteiger partial charge in [-0.3, -0.25) is 9.78 Å². The topological polar surface area (TPSA) is 65.5 Å². The summed E-state index contributed by atoms with van der Waals surface area (Å²) in [5, 5.41) is 13.9. The molecule has 2 heterocycles. The molecule has 0 spiro atoms. The fourth-order valence-corrected chi connectivity index (χ4v) is 5.30. The number of piperidine rings is 1. The Morgan fingerprint density at radius 1 is 0.972 bits per heavy atom. The summed E-state index contributed by atoms with van der Waals surface area (Å²) in [7, 11) is 0. The molecule has 1 aliphatic rings. The van der Waals surface area contributed by atoms with Gasteiger partial charge in [-0.25, -0.2) is 0 Å². The first kappa shape index (κ1) is 25.6. The van der Waals surface area contributed by atoms with Crippen molar-refractivity contribution in [2.75, 3.05) is 6.54 Å². The zero-order valence-electron chi connectivity index (χ0n) is 21.7. The number of hydrogen-bond donors (Lipinski definition) is 2. The Balaban J connectivity index is 1.69. The van der Waals surface area contributed by atoms with Crippen LogP contribution in [0.5, 0.6) is 5.75 Å². The van der Waals surface area contributed by atoms with E-state index >= 15 is 0 Å². The molecule has 5 nitrogen and oxygen atoms in total. The molecule has 0 saturated carbocycles. The van der Waals surface area contributed by atoms with Gasteiger partial charge in [-0.15, -0.1) is 0 Å². The maximum atomic E-state index is 13.2. The quantitative estimate of drug-likeness (QED) is 0.443. The number of aromatic nitrogens is 1. The molecular formula is C31H37N3O2. The number of pyridine rings is 1. The van der Waals surface area contributed by atoms with Gasteiger partial charge < -0.3 is 15.3 Å². The number of carbonyl (C=O) groups excluding carboxylic acids is 1. The first-order valence-corrected chi connectivity index (χ1v) is 12.9. The Labute approximate surface area is 214 Å². The highest BCUT2D eigenvalue weighted by Crippen LogP contribution is 2.34. The van der Waals surface area contributed by atoms with Crippen molar-refractivity contribution in [3.63, 3.8) is 0 Å². The summed E-state index contributed by atoms with van der Waals surface area (Å²) in [5.41, 5.74) is 6.55. The minimum atomic E-state index is 0.0531. The molecule has 36 heavy (non-hydrogen) atoms. The SMILES string of the molecule is CC(C)N(C(=O)c1ccc(/C(=C2\CCNC(Cc3ccncc3)C2)c2cccc(O)c2)cc1)C(C)C. The highest BCUT2D eigenvalue weighted by Gasteiger charge is 2.24. The van der Waals surface area contributed by atoms with E-state index in [9.17, 15) is 9.90 Å². The summed E-state index contributed by atoms with van der Waals surface area (Å²) in [6, 6.07) is 20.2. The number of phenols is 1. The normalized spacial score (nSPS) is 17.3. The third-order valence-electron chi connectivity index (χ3n) is 6.84. The minimum Gasteiger partial charge on any atom is -0.508 e. The fourth-order valence-electron chi connectivity index (χ4n) is 5.30. The molecule has 0 radical (unpaired) electrons. The summed E-state index contributed by atoms with van der Waals surface area (Å²) in [6.45, 7) is 9.11. The van der Waals surface area contributed by atoms with Gasteiger partial charge in [0.2, 0.25) is 0 Å². The van der Waals surface area contributed by atoms with Gasteiger partial charge in [0.05, 0.1) is 0 Å². The lowest BCUT2D eigenvalue weighted by molar-refractivity contribution is 0.0643. The second-order valence-corrected chi connectivity index (χ2v) is 10.2. The van der Waals surface area contributed by atoms with Crippen LogP contribution in [0.3, 0.4) is 0 Å². The van der Waals surface area contributed by atoms with Crippen LogP contribution in [0, 0.1) is 0 Å². The van der Waals surface area contributed by atoms with Crippen LogP contribution < -0.4 is 5.32 Å². The third kappa shape index (κ3) is 6.03. The Morgan fingerprint density at radius 3 is 2.28 bits per heavy atom. The van der Waals surface area contributed by atoms with Crippen molar-refractivity contribution in [2.45, 2.75) is 65.1 Å². The molecule has 5 heteroatoms. The third-order valence-corrected chi connectivity index (χ3v) is 6.84. The number of nitrogens with one attached hydrogen (secondary N) is 1. The van der Waals surface area contributed by atoms with E-state index in [-0.39, 0.29) is 23.7 Å². The number of nitrogens with zero attached hydrogens (tertiary/aromatic N) is 2. The molecular weight excluding hydrogens is 446 g/mol. The first-order chi connectivity index (χ1) is 17.3. The fraction of sp³-hybridized carbons (Fsp3) is 0.355. The largest absolute Gasteiger partial charge is 0.508 e. The van der Waals surface area contributed by atoms with E-state index in [4.69, 9.17) is 0 Å². The lowest BCUT2D eigenvalue weighted by Crippen LogP contribution is -2.42. The van der Waals surface area contributed by atoms with Gasteiger partial charge in [-0.1, -0.05) is 29.8 Å². The van der Waals surface area contributed by atoms with Gasteiger partial charge in [0.15, 0.2) is 0 Å². The first-order valence-electron chi connectivity index (χ1n) is 12.9. The van der Waals surface area contributed by atoms with Crippen molar-refractivity contribution < 1.29 is 9.90 Å². The number of aromatic hydroxyl groups is 1. The summed E-state index contributed by atoms with van der Waals surface area (Å²) < 4.78 is 0. The van der Waals surface area contributed by atoms with Gasteiger partial charge in [-0.05, 0) is 112 Å². The molecule has 4 rings (SSSR count). The predicted octanol–water partition coefficient (Wildman–Crippen LogP) is 5.84. The molecule has 1 aliphatic heterocycles. The van der Waals surface area contributed by atoms with Gasteiger partial charge >= 0.3 is 0 Å². The van der Waals surface area contributed by atoms with Gasteiger partial charge in [0, 0.05) is 36.1 Å². The minimum absolute atomic E-state index is 0.0531. The van der Waals surface area contributed by atoms with E-state index in [2.05, 4.69) is 68.3 Å². The van der Waals surface area contributed by atoms with Crippen LogP contribution in [0.15, 0.2) is 78.6 Å². The van der Waals surface area contributed by atoms with E-state index in [1.165, 1.54) is 11.1 Å². The Bertz CT molecular complexity index is 1190. The molecule has 1 atom stereocenters. The van der Waals surface area contributed by atoms with Crippen LogP contribution in [0.2, 0.25) is 0 Å². The summed E-state index contributed by atoms with van der Waals surface area (Å²) in [4.78, 5) is 19.3. The van der Waals surface area contributed by atoms with E-state index < -0.39 is 0 Å². The summed E-state index contributed by atoms with van der Waals surface area (Å²) in [5.74, 6) is 0.307. The van der Waals surface area contributed by atoms with Crippen molar-refractivity contribution in [1.82, 2.24) is 15.2 Å². The number of carbonyl (C=O) groups is 1. The number of amides is 1. The molecule has 1 amide bonds. The number of rotatable bonds is 7. The molecule has 1 unspecified atom stereocenters. The van der Waals surface area contributed by atoms with Gasteiger partial charge in [0.25, 0.3) is 5.91 Å². The van der Waals surface area contributed by atoms with E-state index in [0.29, 0.717) is 11.6 Å². The van der Waals surface area contributed by atoms with E-state index in [1.54, 1.807) is 6.07 Å². The molecule has 0 aliphatic carbocycles. The van der Waals surface area contributed by atoms with Gasteiger partial charge in [-0.2, -0.15) is 0 Å². The van der Waals surface area contributed by atoms with Crippen LogP contribution in [-0.4, -0.2) is 45.6 Å². The van der Waals surface area contributed by atoms with E-state index in [0.717, 1.165) is 42.5 Å². The van der Waals surface area contributed by atoms with Crippen molar-refractivity contribution in [3.05, 3.63) is 101 Å². The smallest absolute Gasteiger partial charge is 0.254 e. The second-order valence-electron chi connectivity index (χ2n) is 10.2. The lowest BCUT2D eigenvalue weighted by atomic mass is 9.85. The molecule has 188 valence electrons. The molecule has 1 aromatic heterocycles. The van der Waals surface area contributed by atoms with Crippen LogP contribution in [0.1, 0.15) is 67.6 Å². The molecule has 1 saturated heterocycles. The van der Waals surface area contributed by atoms with Crippen LogP contribution in [-0.2, 0) is 6.42 Å². The van der Waals surface area contributed by atoms with Crippen LogP contribution >= 0.6 is 0 Å². The Hall–Kier alpha value is -3.44. The number of hydrogen-bond acceptors (Lipinski definition) is 4. The average Bonchev–Trinajstić information content (AvgIpc) is 2.85. The van der Waals surface area contributed by atoms with Crippen LogP contribution in [0.4, 0.5) is 0 Å². The Kier molecular flexibility index (Phi) is 8.21. The van der Waals surface area contributed by atoms with E-state index in [1.807, 2.05) is 41.6 Å².